The molecule has 0 bridgehead atoms. The van der Waals surface area contributed by atoms with Gasteiger partial charge in [0.05, 0.1) is 0 Å². The first-order valence-corrected chi connectivity index (χ1v) is 4.11. The zero-order valence-corrected chi connectivity index (χ0v) is 7.11. The molecule has 1 aliphatic rings. The van der Waals surface area contributed by atoms with Gasteiger partial charge >= 0.3 is 0 Å². The Morgan fingerprint density at radius 3 is 2.73 bits per heavy atom. The zero-order chi connectivity index (χ0) is 7.84. The summed E-state index contributed by atoms with van der Waals surface area (Å²) in [6.45, 7) is 1.91. The van der Waals surface area contributed by atoms with Crippen LogP contribution in [0.5, 0.6) is 0 Å². The lowest BCUT2D eigenvalue weighted by Crippen LogP contribution is -1.98. The number of hydrogen-bond acceptors (Lipinski definition) is 3. The summed E-state index contributed by atoms with van der Waals surface area (Å²) in [6.07, 6.45) is 2.48. The van der Waals surface area contributed by atoms with Gasteiger partial charge in [-0.1, -0.05) is 0 Å². The van der Waals surface area contributed by atoms with Crippen LogP contribution in [0, 0.1) is 11.7 Å². The van der Waals surface area contributed by atoms with E-state index in [0.717, 1.165) is 11.6 Å². The minimum atomic E-state index is 0.461. The Balaban J connectivity index is 2.47. The van der Waals surface area contributed by atoms with Crippen molar-refractivity contribution in [2.24, 2.45) is 0 Å². The number of H-pyrrole nitrogens is 1. The normalized spacial score (nSPS) is 16.8. The molecule has 1 N–H and O–H groups in total. The summed E-state index contributed by atoms with van der Waals surface area (Å²) in [6, 6.07) is 0. The topological polar surface area (TPSA) is 41.6 Å². The molecule has 0 unspecified atom stereocenters. The predicted octanol–water partition coefficient (Wildman–Crippen LogP) is 1.72. The van der Waals surface area contributed by atoms with Gasteiger partial charge in [0.25, 0.3) is 0 Å². The van der Waals surface area contributed by atoms with E-state index in [1.54, 1.807) is 0 Å². The number of nitrogens with one attached hydrogen (secondary N) is 1. The maximum Gasteiger partial charge on any atom is 0.222 e. The summed E-state index contributed by atoms with van der Waals surface area (Å²) < 4.78 is 0.461. The van der Waals surface area contributed by atoms with Gasteiger partial charge in [0.2, 0.25) is 4.77 Å². The van der Waals surface area contributed by atoms with E-state index in [1.807, 2.05) is 6.92 Å². The Morgan fingerprint density at radius 2 is 2.18 bits per heavy atom. The Hall–Kier alpha value is -0.770. The van der Waals surface area contributed by atoms with E-state index in [-0.39, 0.29) is 0 Å². The molecular weight excluding hydrogens is 158 g/mol. The van der Waals surface area contributed by atoms with Crippen LogP contribution < -0.4 is 0 Å². The fourth-order valence-corrected chi connectivity index (χ4v) is 1.30. The molecule has 0 spiro atoms. The van der Waals surface area contributed by atoms with Crippen molar-refractivity contribution in [2.75, 3.05) is 0 Å². The molecule has 3 nitrogen and oxygen atoms in total. The summed E-state index contributed by atoms with van der Waals surface area (Å²) in [5.74, 6) is 2.51. The summed E-state index contributed by atoms with van der Waals surface area (Å²) in [5, 5.41) is 0. The molecule has 4 heteroatoms. The number of aromatic amines is 1. The van der Waals surface area contributed by atoms with Gasteiger partial charge in [-0.05, 0) is 32.0 Å². The molecule has 0 aromatic carbocycles. The molecule has 0 aliphatic heterocycles. The molecule has 0 atom stereocenters. The highest BCUT2D eigenvalue weighted by molar-refractivity contribution is 7.71. The van der Waals surface area contributed by atoms with Crippen molar-refractivity contribution in [2.45, 2.75) is 25.7 Å². The van der Waals surface area contributed by atoms with Gasteiger partial charge in [-0.3, -0.25) is 0 Å². The van der Waals surface area contributed by atoms with Crippen molar-refractivity contribution in [3.05, 3.63) is 16.4 Å². The molecule has 1 aromatic rings. The van der Waals surface area contributed by atoms with Crippen LogP contribution in [-0.4, -0.2) is 15.0 Å². The van der Waals surface area contributed by atoms with Crippen LogP contribution in [0.25, 0.3) is 0 Å². The van der Waals surface area contributed by atoms with E-state index in [2.05, 4.69) is 15.0 Å². The molecule has 58 valence electrons. The van der Waals surface area contributed by atoms with Crippen molar-refractivity contribution >= 4 is 12.2 Å². The molecular formula is C7H9N3S. The summed E-state index contributed by atoms with van der Waals surface area (Å²) in [5.41, 5.74) is 0. The molecule has 0 amide bonds. The molecule has 0 saturated heterocycles. The largest absolute Gasteiger partial charge is 0.332 e. The SMILES string of the molecule is Cc1nc(=S)nc(C2CC2)[nH]1. The number of nitrogens with zero attached hydrogens (tertiary/aromatic N) is 2. The van der Waals surface area contributed by atoms with Crippen LogP contribution in [0.3, 0.4) is 0 Å². The smallest absolute Gasteiger partial charge is 0.222 e. The van der Waals surface area contributed by atoms with Crippen molar-refractivity contribution in [3.8, 4) is 0 Å². The summed E-state index contributed by atoms with van der Waals surface area (Å²) >= 11 is 4.89. The second kappa shape index (κ2) is 2.37. The van der Waals surface area contributed by atoms with Gasteiger partial charge in [-0.25, -0.2) is 9.97 Å². The lowest BCUT2D eigenvalue weighted by molar-refractivity contribution is 0.843. The third-order valence-corrected chi connectivity index (χ3v) is 1.94. The van der Waals surface area contributed by atoms with E-state index in [9.17, 15) is 0 Å². The van der Waals surface area contributed by atoms with Gasteiger partial charge in [0.1, 0.15) is 11.6 Å². The minimum Gasteiger partial charge on any atom is -0.332 e. The van der Waals surface area contributed by atoms with Crippen LogP contribution in [0.4, 0.5) is 0 Å². The first-order valence-electron chi connectivity index (χ1n) is 3.70. The van der Waals surface area contributed by atoms with E-state index in [4.69, 9.17) is 12.2 Å². The van der Waals surface area contributed by atoms with Crippen LogP contribution in [0.1, 0.15) is 30.4 Å². The van der Waals surface area contributed by atoms with Crippen molar-refractivity contribution < 1.29 is 0 Å². The van der Waals surface area contributed by atoms with Crippen molar-refractivity contribution in [1.29, 1.82) is 0 Å². The molecule has 0 radical (unpaired) electrons. The highest BCUT2D eigenvalue weighted by Crippen LogP contribution is 2.37. The number of rotatable bonds is 1. The van der Waals surface area contributed by atoms with Crippen LogP contribution >= 0.6 is 12.2 Å². The second-order valence-corrected chi connectivity index (χ2v) is 3.24. The average molecular weight is 167 g/mol. The highest BCUT2D eigenvalue weighted by Gasteiger charge is 2.25. The van der Waals surface area contributed by atoms with Gasteiger partial charge in [0.15, 0.2) is 0 Å². The fraction of sp³-hybridized carbons (Fsp3) is 0.571. The predicted molar refractivity (Wildman–Crippen MR) is 43.9 cm³/mol. The number of aryl methyl sites for hydroxylation is 1. The van der Waals surface area contributed by atoms with Gasteiger partial charge < -0.3 is 4.98 Å². The minimum absolute atomic E-state index is 0.461. The molecule has 2 rings (SSSR count). The quantitative estimate of drug-likeness (QED) is 0.647. The standard InChI is InChI=1S/C7H9N3S/c1-4-8-6(5-2-3-5)10-7(11)9-4/h5H,2-3H2,1H3,(H,8,9,10,11). The Morgan fingerprint density at radius 1 is 1.45 bits per heavy atom. The van der Waals surface area contributed by atoms with Crippen LogP contribution in [0.15, 0.2) is 0 Å². The van der Waals surface area contributed by atoms with Crippen LogP contribution in [0.2, 0.25) is 0 Å². The molecule has 1 fully saturated rings. The molecule has 1 heterocycles. The van der Waals surface area contributed by atoms with E-state index in [0.29, 0.717) is 10.7 Å². The number of aromatic nitrogens is 3. The average Bonchev–Trinajstić information content (AvgIpc) is 2.64. The lowest BCUT2D eigenvalue weighted by Gasteiger charge is -1.97. The molecule has 1 saturated carbocycles. The van der Waals surface area contributed by atoms with E-state index in [1.165, 1.54) is 12.8 Å². The molecule has 1 aliphatic carbocycles. The Kier molecular flexibility index (Phi) is 1.49. The lowest BCUT2D eigenvalue weighted by atomic mass is 10.4. The first kappa shape index (κ1) is 6.91. The third-order valence-electron chi connectivity index (χ3n) is 1.75. The Bertz CT molecular complexity index is 327. The summed E-state index contributed by atoms with van der Waals surface area (Å²) in [4.78, 5) is 11.3. The van der Waals surface area contributed by atoms with Crippen molar-refractivity contribution in [3.63, 3.8) is 0 Å². The monoisotopic (exact) mass is 167 g/mol. The second-order valence-electron chi connectivity index (χ2n) is 2.88. The van der Waals surface area contributed by atoms with Crippen LogP contribution in [-0.2, 0) is 0 Å². The summed E-state index contributed by atoms with van der Waals surface area (Å²) in [7, 11) is 0. The van der Waals surface area contributed by atoms with Gasteiger partial charge in [0, 0.05) is 5.92 Å². The third kappa shape index (κ3) is 1.45. The fourth-order valence-electron chi connectivity index (χ4n) is 1.06. The zero-order valence-electron chi connectivity index (χ0n) is 6.29. The highest BCUT2D eigenvalue weighted by atomic mass is 32.1. The number of hydrogen-bond donors (Lipinski definition) is 1. The van der Waals surface area contributed by atoms with E-state index < -0.39 is 0 Å². The van der Waals surface area contributed by atoms with Crippen molar-refractivity contribution in [1.82, 2.24) is 15.0 Å². The van der Waals surface area contributed by atoms with E-state index >= 15 is 0 Å². The molecule has 1 aromatic heterocycles. The maximum atomic E-state index is 4.89. The van der Waals surface area contributed by atoms with Gasteiger partial charge in [-0.2, -0.15) is 0 Å². The Labute approximate surface area is 69.9 Å². The first-order chi connectivity index (χ1) is 5.25. The maximum absolute atomic E-state index is 4.89. The van der Waals surface area contributed by atoms with Gasteiger partial charge in [-0.15, -0.1) is 0 Å². The molecule has 11 heavy (non-hydrogen) atoms.